The molecule has 2 aromatic carbocycles. The van der Waals surface area contributed by atoms with Gasteiger partial charge in [-0.2, -0.15) is 0 Å². The molecule has 0 fully saturated rings. The monoisotopic (exact) mass is 293 g/mol. The van der Waals surface area contributed by atoms with Gasteiger partial charge in [0.05, 0.1) is 25.6 Å². The predicted octanol–water partition coefficient (Wildman–Crippen LogP) is 3.48. The molecule has 1 heterocycles. The molecule has 0 unspecified atom stereocenters. The summed E-state index contributed by atoms with van der Waals surface area (Å²) in [4.78, 5) is 4.79. The van der Waals surface area contributed by atoms with Crippen molar-refractivity contribution in [1.82, 2.24) is 0 Å². The quantitative estimate of drug-likeness (QED) is 0.922. The van der Waals surface area contributed by atoms with E-state index in [1.165, 1.54) is 5.57 Å². The first-order valence-electron chi connectivity index (χ1n) is 7.07. The zero-order chi connectivity index (χ0) is 15.3. The molecule has 0 aromatic heterocycles. The summed E-state index contributed by atoms with van der Waals surface area (Å²) < 4.78 is 10.7. The van der Waals surface area contributed by atoms with E-state index in [0.717, 1.165) is 34.5 Å². The highest BCUT2D eigenvalue weighted by Gasteiger charge is 2.26. The van der Waals surface area contributed by atoms with E-state index in [2.05, 4.69) is 6.08 Å². The number of phenolic OH excluding ortho intramolecular Hbond substituents is 1. The van der Waals surface area contributed by atoms with Crippen LogP contribution in [-0.4, -0.2) is 25.0 Å². The number of benzene rings is 2. The molecular formula is C18H15NO3. The van der Waals surface area contributed by atoms with Crippen LogP contribution in [-0.2, 0) is 6.42 Å². The van der Waals surface area contributed by atoms with Crippen molar-refractivity contribution in [3.05, 3.63) is 52.6 Å². The van der Waals surface area contributed by atoms with Gasteiger partial charge in [-0.3, -0.25) is 0 Å². The van der Waals surface area contributed by atoms with Gasteiger partial charge in [0.2, 0.25) is 0 Å². The molecule has 0 atom stereocenters. The Morgan fingerprint density at radius 2 is 1.82 bits per heavy atom. The highest BCUT2D eigenvalue weighted by molar-refractivity contribution is 6.23. The standard InChI is InChI=1S/C18H15NO3/c1-21-16-8-11-6-12-5-10-7-13(20)3-4-14(10)18(12)19-15(11)9-17(16)22-2/h3-5,7-9,20H,6H2,1-2H3. The van der Waals surface area contributed by atoms with Crippen LogP contribution in [0.5, 0.6) is 17.2 Å². The van der Waals surface area contributed by atoms with Crippen molar-refractivity contribution in [3.63, 3.8) is 0 Å². The van der Waals surface area contributed by atoms with E-state index in [1.807, 2.05) is 18.2 Å². The molecule has 1 N–H and O–H groups in total. The van der Waals surface area contributed by atoms with Crippen molar-refractivity contribution in [2.24, 2.45) is 4.99 Å². The molecule has 4 nitrogen and oxygen atoms in total. The number of hydrogen-bond acceptors (Lipinski definition) is 4. The minimum absolute atomic E-state index is 0.274. The summed E-state index contributed by atoms with van der Waals surface area (Å²) in [5.41, 5.74) is 6.25. The average Bonchev–Trinajstić information content (AvgIpc) is 2.87. The summed E-state index contributed by atoms with van der Waals surface area (Å²) in [6.45, 7) is 0. The number of rotatable bonds is 2. The molecule has 0 amide bonds. The molecule has 0 radical (unpaired) electrons. The lowest BCUT2D eigenvalue weighted by atomic mass is 9.96. The smallest absolute Gasteiger partial charge is 0.162 e. The van der Waals surface area contributed by atoms with Gasteiger partial charge in [0.1, 0.15) is 5.75 Å². The molecule has 110 valence electrons. The normalized spacial score (nSPS) is 14.5. The fraction of sp³-hybridized carbons (Fsp3) is 0.167. The second kappa shape index (κ2) is 4.63. The molecule has 0 saturated carbocycles. The second-order valence-electron chi connectivity index (χ2n) is 5.41. The fourth-order valence-corrected chi connectivity index (χ4v) is 3.06. The van der Waals surface area contributed by atoms with Crippen molar-refractivity contribution >= 4 is 17.5 Å². The molecule has 1 aliphatic carbocycles. The molecule has 4 heteroatoms. The third kappa shape index (κ3) is 1.80. The maximum absolute atomic E-state index is 9.64. The fourth-order valence-electron chi connectivity index (χ4n) is 3.06. The van der Waals surface area contributed by atoms with Crippen LogP contribution in [0.15, 0.2) is 40.9 Å². The molecule has 22 heavy (non-hydrogen) atoms. The minimum Gasteiger partial charge on any atom is -0.508 e. The van der Waals surface area contributed by atoms with Gasteiger partial charge in [0.15, 0.2) is 11.5 Å². The van der Waals surface area contributed by atoms with Gasteiger partial charge in [0.25, 0.3) is 0 Å². The van der Waals surface area contributed by atoms with Gasteiger partial charge < -0.3 is 14.6 Å². The summed E-state index contributed by atoms with van der Waals surface area (Å²) in [5.74, 6) is 1.67. The molecule has 0 bridgehead atoms. The largest absolute Gasteiger partial charge is 0.508 e. The lowest BCUT2D eigenvalue weighted by molar-refractivity contribution is 0.354. The Morgan fingerprint density at radius 3 is 2.59 bits per heavy atom. The Balaban J connectivity index is 1.88. The molecule has 2 aromatic rings. The molecule has 4 rings (SSSR count). The summed E-state index contributed by atoms with van der Waals surface area (Å²) in [7, 11) is 3.26. The van der Waals surface area contributed by atoms with Crippen LogP contribution < -0.4 is 9.47 Å². The van der Waals surface area contributed by atoms with Crippen LogP contribution in [0.2, 0.25) is 0 Å². The third-order valence-electron chi connectivity index (χ3n) is 4.12. The lowest BCUT2D eigenvalue weighted by Crippen LogP contribution is -2.08. The topological polar surface area (TPSA) is 51.0 Å². The van der Waals surface area contributed by atoms with Gasteiger partial charge in [-0.1, -0.05) is 0 Å². The van der Waals surface area contributed by atoms with Gasteiger partial charge in [0, 0.05) is 18.1 Å². The second-order valence-corrected chi connectivity index (χ2v) is 5.41. The Labute approximate surface area is 128 Å². The van der Waals surface area contributed by atoms with Crippen LogP contribution in [0.4, 0.5) is 5.69 Å². The maximum Gasteiger partial charge on any atom is 0.162 e. The van der Waals surface area contributed by atoms with E-state index >= 15 is 0 Å². The van der Waals surface area contributed by atoms with Crippen LogP contribution in [0.3, 0.4) is 0 Å². The van der Waals surface area contributed by atoms with Crippen molar-refractivity contribution in [2.75, 3.05) is 14.2 Å². The SMILES string of the molecule is COc1cc2c(cc1OC)N=C1C(=Cc3cc(O)ccc31)C2. The van der Waals surface area contributed by atoms with E-state index in [1.54, 1.807) is 26.4 Å². The third-order valence-corrected chi connectivity index (χ3v) is 4.12. The van der Waals surface area contributed by atoms with Crippen molar-refractivity contribution in [2.45, 2.75) is 6.42 Å². The number of phenols is 1. The minimum atomic E-state index is 0.274. The van der Waals surface area contributed by atoms with E-state index < -0.39 is 0 Å². The predicted molar refractivity (Wildman–Crippen MR) is 85.5 cm³/mol. The summed E-state index contributed by atoms with van der Waals surface area (Å²) in [6, 6.07) is 9.28. The van der Waals surface area contributed by atoms with Crippen molar-refractivity contribution < 1.29 is 14.6 Å². The van der Waals surface area contributed by atoms with Gasteiger partial charge in [-0.05, 0) is 47.0 Å². The highest BCUT2D eigenvalue weighted by atomic mass is 16.5. The van der Waals surface area contributed by atoms with Crippen LogP contribution in [0, 0.1) is 0 Å². The number of ether oxygens (including phenoxy) is 2. The number of aliphatic imine (C=N–C) groups is 1. The number of fused-ring (bicyclic) bond motifs is 4. The first-order valence-corrected chi connectivity index (χ1v) is 7.07. The van der Waals surface area contributed by atoms with Crippen LogP contribution in [0.1, 0.15) is 16.7 Å². The molecule has 0 spiro atoms. The Morgan fingerprint density at radius 1 is 1.05 bits per heavy atom. The summed E-state index contributed by atoms with van der Waals surface area (Å²) in [6.07, 6.45) is 2.89. The van der Waals surface area contributed by atoms with Crippen LogP contribution >= 0.6 is 0 Å². The lowest BCUT2D eigenvalue weighted by Gasteiger charge is -2.18. The Bertz CT molecular complexity index is 850. The van der Waals surface area contributed by atoms with E-state index in [9.17, 15) is 5.11 Å². The number of aromatic hydroxyl groups is 1. The van der Waals surface area contributed by atoms with Gasteiger partial charge in [-0.25, -0.2) is 4.99 Å². The zero-order valence-corrected chi connectivity index (χ0v) is 12.4. The Kier molecular flexibility index (Phi) is 2.73. The Hall–Kier alpha value is -2.75. The van der Waals surface area contributed by atoms with E-state index in [4.69, 9.17) is 14.5 Å². The number of hydrogen-bond donors (Lipinski definition) is 1. The summed E-state index contributed by atoms with van der Waals surface area (Å²) >= 11 is 0. The number of allylic oxidation sites excluding steroid dienone is 1. The number of nitrogens with zero attached hydrogens (tertiary/aromatic N) is 1. The highest BCUT2D eigenvalue weighted by Crippen LogP contribution is 2.42. The van der Waals surface area contributed by atoms with Crippen molar-refractivity contribution in [3.8, 4) is 17.2 Å². The zero-order valence-electron chi connectivity index (χ0n) is 12.4. The molecule has 0 saturated heterocycles. The molecule has 1 aliphatic heterocycles. The van der Waals surface area contributed by atoms with Crippen LogP contribution in [0.25, 0.3) is 6.08 Å². The first-order chi connectivity index (χ1) is 10.7. The van der Waals surface area contributed by atoms with Gasteiger partial charge >= 0.3 is 0 Å². The molecular weight excluding hydrogens is 278 g/mol. The van der Waals surface area contributed by atoms with E-state index in [-0.39, 0.29) is 5.75 Å². The van der Waals surface area contributed by atoms with Crippen molar-refractivity contribution in [1.29, 1.82) is 0 Å². The van der Waals surface area contributed by atoms with E-state index in [0.29, 0.717) is 11.5 Å². The average molecular weight is 293 g/mol. The number of methoxy groups -OCH3 is 2. The molecule has 2 aliphatic rings. The first kappa shape index (κ1) is 13.0. The van der Waals surface area contributed by atoms with Gasteiger partial charge in [-0.15, -0.1) is 0 Å². The summed E-state index contributed by atoms with van der Waals surface area (Å²) in [5, 5.41) is 9.64. The maximum atomic E-state index is 9.64.